The van der Waals surface area contributed by atoms with E-state index < -0.39 is 24.3 Å². The topological polar surface area (TPSA) is 121 Å². The molecule has 0 saturated carbocycles. The molecule has 4 fully saturated rings. The first-order chi connectivity index (χ1) is 28.3. The number of hydrogen-bond acceptors (Lipinski definition) is 9. The predicted octanol–water partition coefficient (Wildman–Crippen LogP) is 6.75. The van der Waals surface area contributed by atoms with Gasteiger partial charge < -0.3 is 29.5 Å². The number of carbonyl (C=O) groups excluding carboxylic acids is 3. The molecule has 4 aromatic rings. The monoisotopic (exact) mass is 786 g/mol. The minimum absolute atomic E-state index is 0.00847. The van der Waals surface area contributed by atoms with Crippen molar-refractivity contribution < 1.29 is 33.7 Å². The van der Waals surface area contributed by atoms with Crippen LogP contribution in [-0.4, -0.2) is 88.6 Å². The normalized spacial score (nSPS) is 25.4. The highest BCUT2D eigenvalue weighted by Crippen LogP contribution is 2.43. The number of alkyl carbamates (subject to hydrolysis) is 1. The van der Waals surface area contributed by atoms with E-state index in [1.165, 1.54) is 43.7 Å². The van der Waals surface area contributed by atoms with Gasteiger partial charge >= 0.3 is 6.09 Å². The molecule has 4 aromatic carbocycles. The van der Waals surface area contributed by atoms with Crippen LogP contribution in [-0.2, 0) is 43.6 Å². The molecular formula is C47H54N4O7. The van der Waals surface area contributed by atoms with Gasteiger partial charge in [0, 0.05) is 30.6 Å². The van der Waals surface area contributed by atoms with E-state index in [1.54, 1.807) is 0 Å². The zero-order valence-corrected chi connectivity index (χ0v) is 33.2. The summed E-state index contributed by atoms with van der Waals surface area (Å²) in [5, 5.41) is 12.3. The third kappa shape index (κ3) is 9.35. The maximum Gasteiger partial charge on any atom is 0.408 e. The minimum Gasteiger partial charge on any atom is -0.445 e. The maximum atomic E-state index is 13.3. The molecule has 3 amide bonds. The van der Waals surface area contributed by atoms with Crippen molar-refractivity contribution in [3.63, 3.8) is 0 Å². The van der Waals surface area contributed by atoms with Crippen molar-refractivity contribution in [2.45, 2.75) is 89.4 Å². The molecule has 4 aliphatic rings. The second-order valence-corrected chi connectivity index (χ2v) is 16.2. The Bertz CT molecular complexity index is 2040. The molecular weight excluding hydrogens is 733 g/mol. The Morgan fingerprint density at radius 1 is 0.793 bits per heavy atom. The van der Waals surface area contributed by atoms with E-state index in [4.69, 9.17) is 14.2 Å². The standard InChI is InChI=1S/C47H54N4O7/c1-32-42(29-50-23-9-16-40(50)28-49-21-5-6-22-49)57-46(58-44(32)36-19-17-33(30-52)18-20-36)39-15-8-14-38(25-39)37-13-7-12-35(24-37)27-51-43(53)26-41(45(51)54)48-47(55)56-31-34-10-3-2-4-11-34/h2-4,7-8,10-15,17-20,24-25,32,40-42,44,46,52H,5-6,9,16,21-23,26-31H2,1H3,(H,48,55). The second kappa shape index (κ2) is 18.3. The molecule has 4 saturated heterocycles. The minimum atomic E-state index is -0.976. The summed E-state index contributed by atoms with van der Waals surface area (Å²) in [5.74, 6) is -0.714. The highest BCUT2D eigenvalue weighted by Gasteiger charge is 2.42. The van der Waals surface area contributed by atoms with Crippen molar-refractivity contribution in [2.75, 3.05) is 32.7 Å². The fraction of sp³-hybridized carbons (Fsp3) is 0.426. The summed E-state index contributed by atoms with van der Waals surface area (Å²) in [6.07, 6.45) is 3.27. The summed E-state index contributed by atoms with van der Waals surface area (Å²) in [5.41, 5.74) is 6.33. The molecule has 11 heteroatoms. The van der Waals surface area contributed by atoms with Crippen LogP contribution in [0.4, 0.5) is 4.79 Å². The number of nitrogens with zero attached hydrogens (tertiary/aromatic N) is 3. The van der Waals surface area contributed by atoms with Gasteiger partial charge in [0.05, 0.1) is 31.8 Å². The number of benzene rings is 4. The van der Waals surface area contributed by atoms with Crippen LogP contribution < -0.4 is 5.32 Å². The molecule has 8 rings (SSSR count). The van der Waals surface area contributed by atoms with Gasteiger partial charge in [-0.15, -0.1) is 0 Å². The lowest BCUT2D eigenvalue weighted by Crippen LogP contribution is -2.48. The van der Waals surface area contributed by atoms with Crippen LogP contribution in [0, 0.1) is 5.92 Å². The molecule has 4 aliphatic heterocycles. The Kier molecular flexibility index (Phi) is 12.6. The number of ether oxygens (including phenoxy) is 3. The number of likely N-dealkylation sites (tertiary alicyclic amines) is 3. The number of imide groups is 1. The fourth-order valence-electron chi connectivity index (χ4n) is 8.93. The van der Waals surface area contributed by atoms with Crippen molar-refractivity contribution >= 4 is 17.9 Å². The van der Waals surface area contributed by atoms with Gasteiger partial charge in [-0.05, 0) is 90.8 Å². The third-order valence-electron chi connectivity index (χ3n) is 12.2. The molecule has 4 heterocycles. The van der Waals surface area contributed by atoms with E-state index in [2.05, 4.69) is 40.2 Å². The van der Waals surface area contributed by atoms with Crippen LogP contribution in [0.3, 0.4) is 0 Å². The average Bonchev–Trinajstić information content (AvgIpc) is 4.00. The summed E-state index contributed by atoms with van der Waals surface area (Å²) in [7, 11) is 0. The lowest BCUT2D eigenvalue weighted by atomic mass is 9.89. The Morgan fingerprint density at radius 3 is 2.31 bits per heavy atom. The van der Waals surface area contributed by atoms with Crippen LogP contribution >= 0.6 is 0 Å². The van der Waals surface area contributed by atoms with Crippen LogP contribution in [0.5, 0.6) is 0 Å². The van der Waals surface area contributed by atoms with E-state index in [9.17, 15) is 19.5 Å². The molecule has 0 spiro atoms. The largest absolute Gasteiger partial charge is 0.445 e. The summed E-state index contributed by atoms with van der Waals surface area (Å²) < 4.78 is 19.1. The first kappa shape index (κ1) is 39.9. The van der Waals surface area contributed by atoms with Crippen molar-refractivity contribution in [3.8, 4) is 11.1 Å². The summed E-state index contributed by atoms with van der Waals surface area (Å²) in [6, 6.07) is 32.9. The Morgan fingerprint density at radius 2 is 1.53 bits per heavy atom. The van der Waals surface area contributed by atoms with Gasteiger partial charge in [-0.3, -0.25) is 19.4 Å². The summed E-state index contributed by atoms with van der Waals surface area (Å²) in [4.78, 5) is 45.3. The maximum absolute atomic E-state index is 13.3. The number of amides is 3. The van der Waals surface area contributed by atoms with E-state index in [0.29, 0.717) is 6.04 Å². The van der Waals surface area contributed by atoms with Crippen molar-refractivity contribution in [3.05, 3.63) is 131 Å². The van der Waals surface area contributed by atoms with Crippen molar-refractivity contribution in [2.24, 2.45) is 5.92 Å². The highest BCUT2D eigenvalue weighted by atomic mass is 16.7. The van der Waals surface area contributed by atoms with Gasteiger partial charge in [0.1, 0.15) is 12.6 Å². The molecule has 2 N–H and O–H groups in total. The first-order valence-electron chi connectivity index (χ1n) is 20.8. The van der Waals surface area contributed by atoms with Gasteiger partial charge in [0.15, 0.2) is 6.29 Å². The number of rotatable bonds is 13. The molecule has 11 nitrogen and oxygen atoms in total. The summed E-state index contributed by atoms with van der Waals surface area (Å²) in [6.45, 7) is 7.80. The lowest BCUT2D eigenvalue weighted by Gasteiger charge is -2.43. The van der Waals surface area contributed by atoms with Crippen LogP contribution in [0.2, 0.25) is 0 Å². The molecule has 6 atom stereocenters. The zero-order chi connectivity index (χ0) is 40.0. The van der Waals surface area contributed by atoms with E-state index in [0.717, 1.165) is 58.6 Å². The van der Waals surface area contributed by atoms with Gasteiger partial charge in [-0.2, -0.15) is 0 Å². The predicted molar refractivity (Wildman–Crippen MR) is 219 cm³/mol. The number of nitrogens with one attached hydrogen (secondary N) is 1. The first-order valence-corrected chi connectivity index (χ1v) is 20.8. The molecule has 58 heavy (non-hydrogen) atoms. The SMILES string of the molecule is CC1C(CN2CCCC2CN2CCCC2)OC(c2cccc(-c3cccc(CN4C(=O)CC(NC(=O)OCc5ccccc5)C4=O)c3)c2)OC1c1ccc(CO)cc1. The Labute approximate surface area is 340 Å². The Hall–Kier alpha value is -4.91. The van der Waals surface area contributed by atoms with E-state index in [-0.39, 0.29) is 50.2 Å². The number of aliphatic hydroxyl groups excluding tert-OH is 1. The fourth-order valence-corrected chi connectivity index (χ4v) is 8.93. The third-order valence-corrected chi connectivity index (χ3v) is 12.2. The lowest BCUT2D eigenvalue weighted by molar-refractivity contribution is -0.276. The van der Waals surface area contributed by atoms with Gasteiger partial charge in [0.25, 0.3) is 5.91 Å². The molecule has 0 bridgehead atoms. The number of aliphatic hydroxyl groups is 1. The summed E-state index contributed by atoms with van der Waals surface area (Å²) >= 11 is 0. The van der Waals surface area contributed by atoms with Crippen LogP contribution in [0.25, 0.3) is 11.1 Å². The molecule has 0 aliphatic carbocycles. The highest BCUT2D eigenvalue weighted by molar-refractivity contribution is 6.06. The quantitative estimate of drug-likeness (QED) is 0.142. The molecule has 0 aromatic heterocycles. The van der Waals surface area contributed by atoms with Gasteiger partial charge in [-0.1, -0.05) is 97.9 Å². The smallest absolute Gasteiger partial charge is 0.408 e. The Balaban J connectivity index is 0.963. The van der Waals surface area contributed by atoms with Crippen molar-refractivity contribution in [1.29, 1.82) is 0 Å². The van der Waals surface area contributed by atoms with Crippen LogP contribution in [0.1, 0.15) is 79.2 Å². The van der Waals surface area contributed by atoms with Crippen molar-refractivity contribution in [1.82, 2.24) is 20.0 Å². The average molecular weight is 787 g/mol. The van der Waals surface area contributed by atoms with E-state index in [1.807, 2.05) is 84.9 Å². The zero-order valence-electron chi connectivity index (χ0n) is 33.2. The molecule has 0 radical (unpaired) electrons. The van der Waals surface area contributed by atoms with Gasteiger partial charge in [-0.25, -0.2) is 4.79 Å². The van der Waals surface area contributed by atoms with Crippen LogP contribution in [0.15, 0.2) is 103 Å². The second-order valence-electron chi connectivity index (χ2n) is 16.2. The van der Waals surface area contributed by atoms with E-state index >= 15 is 0 Å². The molecule has 304 valence electrons. The van der Waals surface area contributed by atoms with Gasteiger partial charge in [0.2, 0.25) is 5.91 Å². The molecule has 6 unspecified atom stereocenters. The number of hydrogen-bond donors (Lipinski definition) is 2. The number of carbonyl (C=O) groups is 3.